The zero-order chi connectivity index (χ0) is 48.3. The molecule has 3 heterocycles. The van der Waals surface area contributed by atoms with E-state index in [9.17, 15) is 0 Å². The van der Waals surface area contributed by atoms with Crippen molar-refractivity contribution < 1.29 is 25.8 Å². The van der Waals surface area contributed by atoms with Gasteiger partial charge in [-0.2, -0.15) is 6.07 Å². The first-order valence-corrected chi connectivity index (χ1v) is 24.1. The smallest absolute Gasteiger partial charge is 0.135 e. The van der Waals surface area contributed by atoms with Gasteiger partial charge in [0.25, 0.3) is 0 Å². The molecule has 356 valence electrons. The van der Waals surface area contributed by atoms with Crippen LogP contribution in [0.4, 0.5) is 11.4 Å². The molecule has 6 heteroatoms. The van der Waals surface area contributed by atoms with Gasteiger partial charge in [0.15, 0.2) is 0 Å². The summed E-state index contributed by atoms with van der Waals surface area (Å²) in [5, 5.41) is 2.20. The number of hydrogen-bond acceptors (Lipinski definition) is 4. The first-order chi connectivity index (χ1) is 32.9. The Kier molecular flexibility index (Phi) is 12.8. The fraction of sp³-hybridized carbons (Fsp3) is 0.219. The number of fused-ring (bicyclic) bond motifs is 3. The molecule has 2 aromatic heterocycles. The summed E-state index contributed by atoms with van der Waals surface area (Å²) >= 11 is 0. The molecular weight excluding hydrogens is 1040 g/mol. The number of allylic oxidation sites excluding steroid dienone is 1. The maximum Gasteiger partial charge on any atom is 0.135 e. The van der Waals surface area contributed by atoms with Crippen LogP contribution in [0, 0.1) is 24.2 Å². The summed E-state index contributed by atoms with van der Waals surface area (Å²) in [6.45, 7) is 24.9. The molecule has 0 saturated heterocycles. The van der Waals surface area contributed by atoms with Crippen LogP contribution in [0.25, 0.3) is 38.8 Å². The maximum absolute atomic E-state index is 6.95. The number of hydrogen-bond donors (Lipinski definition) is 0. The van der Waals surface area contributed by atoms with Crippen LogP contribution in [-0.2, 0) is 37.3 Å². The Morgan fingerprint density at radius 2 is 1.13 bits per heavy atom. The van der Waals surface area contributed by atoms with Gasteiger partial charge >= 0.3 is 0 Å². The number of anilines is 2. The van der Waals surface area contributed by atoms with E-state index >= 15 is 0 Å². The van der Waals surface area contributed by atoms with Crippen LogP contribution in [0.5, 0.6) is 11.5 Å². The third kappa shape index (κ3) is 9.25. The van der Waals surface area contributed by atoms with Gasteiger partial charge < -0.3 is 19.1 Å². The summed E-state index contributed by atoms with van der Waals surface area (Å²) in [7, 11) is 0. The van der Waals surface area contributed by atoms with Gasteiger partial charge in [-0.15, -0.1) is 53.6 Å². The fourth-order valence-electron chi connectivity index (χ4n) is 9.65. The molecule has 1 aliphatic rings. The Hall–Kier alpha value is -6.68. The third-order valence-corrected chi connectivity index (χ3v) is 14.0. The minimum atomic E-state index is -0.261. The van der Waals surface area contributed by atoms with E-state index in [1.54, 1.807) is 0 Å². The molecule has 0 atom stereocenters. The van der Waals surface area contributed by atoms with Crippen molar-refractivity contribution in [2.75, 3.05) is 9.80 Å². The molecule has 0 radical (unpaired) electrons. The van der Waals surface area contributed by atoms with Crippen molar-refractivity contribution in [3.05, 3.63) is 235 Å². The molecule has 10 rings (SSSR count). The van der Waals surface area contributed by atoms with Crippen molar-refractivity contribution in [2.45, 2.75) is 85.5 Å². The monoisotopic (exact) mass is 1100 g/mol. The van der Waals surface area contributed by atoms with E-state index < -0.39 is 0 Å². The first kappa shape index (κ1) is 48.3. The van der Waals surface area contributed by atoms with Gasteiger partial charge in [0.2, 0.25) is 0 Å². The van der Waals surface area contributed by atoms with Crippen LogP contribution in [-0.4, -0.2) is 9.55 Å². The number of rotatable bonds is 10. The van der Waals surface area contributed by atoms with Crippen LogP contribution < -0.4 is 14.5 Å². The predicted octanol–water partition coefficient (Wildman–Crippen LogP) is 16.5. The Morgan fingerprint density at radius 1 is 0.500 bits per heavy atom. The number of aromatic nitrogens is 2. The van der Waals surface area contributed by atoms with E-state index in [2.05, 4.69) is 272 Å². The molecule has 70 heavy (non-hydrogen) atoms. The molecule has 0 amide bonds. The summed E-state index contributed by atoms with van der Waals surface area (Å²) in [4.78, 5) is 9.56. The Morgan fingerprint density at radius 3 is 1.77 bits per heavy atom. The molecule has 0 unspecified atom stereocenters. The van der Waals surface area contributed by atoms with Crippen molar-refractivity contribution >= 4 is 33.2 Å². The van der Waals surface area contributed by atoms with Crippen LogP contribution in [0.2, 0.25) is 0 Å². The summed E-state index contributed by atoms with van der Waals surface area (Å²) in [6, 6.07) is 68.0. The van der Waals surface area contributed by atoms with Crippen LogP contribution in [0.1, 0.15) is 97.1 Å². The zero-order valence-corrected chi connectivity index (χ0v) is 44.2. The van der Waals surface area contributed by atoms with Gasteiger partial charge in [0.1, 0.15) is 5.82 Å². The quantitative estimate of drug-likeness (QED) is 0.128. The average molecular weight is 1100 g/mol. The van der Waals surface area contributed by atoms with Crippen LogP contribution in [0.3, 0.4) is 0 Å². The second-order valence-electron chi connectivity index (χ2n) is 21.6. The van der Waals surface area contributed by atoms with E-state index in [4.69, 9.17) is 9.72 Å². The molecule has 0 fully saturated rings. The SMILES string of the molecule is CC(C)(C)C1=CN(c2[c-]c(Oc3[c-]c4c(cc3)c3cc(C(C)(C)c5ccccc5)ccc3n4-c3cc(C(C)(C)c4ccccc4)ccn3)cc(-c3ccccc3)c2)[CH-]N1c1cccc(C(C)(C)C)c1.[Pt]. The molecule has 1 aliphatic heterocycles. The van der Waals surface area contributed by atoms with E-state index in [1.165, 1.54) is 33.5 Å². The number of nitrogens with zero attached hydrogens (tertiary/aromatic N) is 4. The van der Waals surface area contributed by atoms with Gasteiger partial charge in [-0.25, -0.2) is 4.98 Å². The summed E-state index contributed by atoms with van der Waals surface area (Å²) in [5.41, 5.74) is 12.8. The second-order valence-corrected chi connectivity index (χ2v) is 21.6. The van der Waals surface area contributed by atoms with E-state index in [1.807, 2.05) is 12.3 Å². The number of pyridine rings is 1. The molecule has 0 spiro atoms. The van der Waals surface area contributed by atoms with Crippen molar-refractivity contribution in [1.82, 2.24) is 9.55 Å². The van der Waals surface area contributed by atoms with Crippen LogP contribution in [0.15, 0.2) is 188 Å². The van der Waals surface area contributed by atoms with Gasteiger partial charge in [-0.1, -0.05) is 190 Å². The Balaban J connectivity index is 0.00000608. The normalized spacial score (nSPS) is 13.4. The average Bonchev–Trinajstić information content (AvgIpc) is 3.95. The van der Waals surface area contributed by atoms with Gasteiger partial charge in [0, 0.05) is 71.9 Å². The largest absolute Gasteiger partial charge is 0.509 e. The molecule has 0 bridgehead atoms. The molecule has 0 saturated carbocycles. The fourth-order valence-corrected chi connectivity index (χ4v) is 9.65. The summed E-state index contributed by atoms with van der Waals surface area (Å²) in [6.07, 6.45) is 4.17. The molecule has 9 aromatic rings. The number of ether oxygens (including phenoxy) is 1. The van der Waals surface area contributed by atoms with Gasteiger partial charge in [-0.3, -0.25) is 0 Å². The molecule has 5 nitrogen and oxygen atoms in total. The maximum atomic E-state index is 6.95. The topological polar surface area (TPSA) is 33.5 Å². The van der Waals surface area contributed by atoms with Gasteiger partial charge in [0.05, 0.1) is 0 Å². The minimum absolute atomic E-state index is 0. The van der Waals surface area contributed by atoms with Crippen molar-refractivity contribution in [3.63, 3.8) is 0 Å². The van der Waals surface area contributed by atoms with Crippen molar-refractivity contribution in [2.24, 2.45) is 5.41 Å². The van der Waals surface area contributed by atoms with E-state index in [-0.39, 0.29) is 42.7 Å². The molecule has 0 aliphatic carbocycles. The third-order valence-electron chi connectivity index (χ3n) is 14.0. The molecular formula is C64H61N4OPt-3. The second kappa shape index (κ2) is 18.6. The Bertz CT molecular complexity index is 3360. The molecule has 0 N–H and O–H groups in total. The predicted molar refractivity (Wildman–Crippen MR) is 287 cm³/mol. The summed E-state index contributed by atoms with van der Waals surface area (Å²) < 4.78 is 9.19. The van der Waals surface area contributed by atoms with Crippen molar-refractivity contribution in [3.8, 4) is 28.4 Å². The minimum Gasteiger partial charge on any atom is -0.509 e. The summed E-state index contributed by atoms with van der Waals surface area (Å²) in [5.74, 6) is 2.00. The van der Waals surface area contributed by atoms with Crippen LogP contribution >= 0.6 is 0 Å². The first-order valence-electron chi connectivity index (χ1n) is 24.1. The number of benzene rings is 7. The zero-order valence-electron chi connectivity index (χ0n) is 41.9. The Labute approximate surface area is 429 Å². The van der Waals surface area contributed by atoms with Gasteiger partial charge in [-0.05, 0) is 80.7 Å². The standard InChI is InChI=1S/C64H61N4O.Pt/c1-61(2,3)48-27-20-28-51(37-48)67-43-66(42-59(67)62(4,5)6)52-35-45(44-21-14-11-15-22-44)36-54(40-52)69-53-30-31-55-56-38-49(63(7,8)46-23-16-12-17-24-46)29-32-57(56)68(58(55)41-53)60-39-50(33-34-65-60)64(9,10)47-25-18-13-19-26-47;/h11-39,42-43H,1-10H3;/q-3;. The van der Waals surface area contributed by atoms with E-state index in [0.717, 1.165) is 50.1 Å². The van der Waals surface area contributed by atoms with E-state index in [0.29, 0.717) is 11.5 Å². The molecule has 7 aromatic carbocycles. The van der Waals surface area contributed by atoms with Crippen molar-refractivity contribution in [1.29, 1.82) is 0 Å².